The third-order valence-electron chi connectivity index (χ3n) is 2.08. The fraction of sp³-hybridized carbons (Fsp3) is 0.857. The smallest absolute Gasteiger partial charge is 0.211 e. The summed E-state index contributed by atoms with van der Waals surface area (Å²) in [5, 5.41) is 0. The summed E-state index contributed by atoms with van der Waals surface area (Å²) in [7, 11) is -3.09. The topological polar surface area (TPSA) is 54.5 Å². The Morgan fingerprint density at radius 3 is 2.67 bits per heavy atom. The highest BCUT2D eigenvalue weighted by atomic mass is 32.2. The van der Waals surface area contributed by atoms with Crippen LogP contribution in [0.1, 0.15) is 12.8 Å². The summed E-state index contributed by atoms with van der Waals surface area (Å²) in [6, 6.07) is 0. The molecule has 1 heterocycles. The van der Waals surface area contributed by atoms with Crippen LogP contribution in [0.3, 0.4) is 0 Å². The van der Waals surface area contributed by atoms with E-state index in [4.69, 9.17) is 0 Å². The molecule has 0 aromatic carbocycles. The van der Waals surface area contributed by atoms with Gasteiger partial charge in [-0.1, -0.05) is 0 Å². The molecule has 0 saturated carbocycles. The Labute approximate surface area is 72.6 Å². The molecule has 0 aliphatic carbocycles. The zero-order chi connectivity index (χ0) is 9.19. The van der Waals surface area contributed by atoms with Gasteiger partial charge in [0, 0.05) is 19.0 Å². The van der Waals surface area contributed by atoms with Crippen LogP contribution in [0.4, 0.5) is 0 Å². The minimum atomic E-state index is -3.09. The number of carbonyl (C=O) groups excluding carboxylic acids is 1. The van der Waals surface area contributed by atoms with Gasteiger partial charge in [0.1, 0.15) is 6.29 Å². The van der Waals surface area contributed by atoms with E-state index in [9.17, 15) is 13.2 Å². The molecule has 0 unspecified atom stereocenters. The number of carbonyl (C=O) groups is 1. The van der Waals surface area contributed by atoms with Crippen molar-refractivity contribution >= 4 is 16.3 Å². The molecule has 70 valence electrons. The molecule has 1 aliphatic rings. The van der Waals surface area contributed by atoms with Gasteiger partial charge in [-0.25, -0.2) is 12.7 Å². The summed E-state index contributed by atoms with van der Waals surface area (Å²) in [4.78, 5) is 10.4. The van der Waals surface area contributed by atoms with Crippen LogP contribution in [0.25, 0.3) is 0 Å². The summed E-state index contributed by atoms with van der Waals surface area (Å²) in [5.74, 6) is -0.103. The summed E-state index contributed by atoms with van der Waals surface area (Å²) < 4.78 is 23.5. The van der Waals surface area contributed by atoms with E-state index < -0.39 is 10.0 Å². The van der Waals surface area contributed by atoms with Crippen LogP contribution in [-0.4, -0.2) is 38.4 Å². The number of piperidine rings is 1. The van der Waals surface area contributed by atoms with E-state index in [1.807, 2.05) is 0 Å². The van der Waals surface area contributed by atoms with E-state index in [-0.39, 0.29) is 5.92 Å². The van der Waals surface area contributed by atoms with Crippen LogP contribution in [0.5, 0.6) is 0 Å². The van der Waals surface area contributed by atoms with Gasteiger partial charge in [-0.15, -0.1) is 0 Å². The van der Waals surface area contributed by atoms with E-state index in [1.54, 1.807) is 0 Å². The SMILES string of the molecule is CS(=O)(=O)N1CCC[C@H](C=O)C1. The second-order valence-corrected chi connectivity index (χ2v) is 5.14. The first-order valence-corrected chi connectivity index (χ1v) is 5.79. The second-order valence-electron chi connectivity index (χ2n) is 3.16. The molecule has 0 aromatic rings. The van der Waals surface area contributed by atoms with Crippen LogP contribution < -0.4 is 0 Å². The predicted molar refractivity (Wildman–Crippen MR) is 45.2 cm³/mol. The Hall–Kier alpha value is -0.420. The number of hydrogen-bond donors (Lipinski definition) is 0. The number of hydrogen-bond acceptors (Lipinski definition) is 3. The lowest BCUT2D eigenvalue weighted by Gasteiger charge is -2.27. The first-order chi connectivity index (χ1) is 5.54. The molecule has 0 radical (unpaired) electrons. The maximum atomic E-state index is 11.1. The minimum absolute atomic E-state index is 0.103. The monoisotopic (exact) mass is 191 g/mol. The quantitative estimate of drug-likeness (QED) is 0.571. The largest absolute Gasteiger partial charge is 0.303 e. The van der Waals surface area contributed by atoms with E-state index in [0.717, 1.165) is 19.1 Å². The zero-order valence-corrected chi connectivity index (χ0v) is 7.88. The highest BCUT2D eigenvalue weighted by molar-refractivity contribution is 7.88. The molecule has 12 heavy (non-hydrogen) atoms. The fourth-order valence-electron chi connectivity index (χ4n) is 1.39. The number of nitrogens with zero attached hydrogens (tertiary/aromatic N) is 1. The van der Waals surface area contributed by atoms with Crippen LogP contribution in [-0.2, 0) is 14.8 Å². The molecule has 1 atom stereocenters. The average molecular weight is 191 g/mol. The molecule has 4 nitrogen and oxygen atoms in total. The predicted octanol–water partition coefficient (Wildman–Crippen LogP) is -0.143. The van der Waals surface area contributed by atoms with Crippen molar-refractivity contribution < 1.29 is 13.2 Å². The molecule has 0 bridgehead atoms. The van der Waals surface area contributed by atoms with Gasteiger partial charge in [0.25, 0.3) is 0 Å². The Kier molecular flexibility index (Phi) is 2.85. The number of sulfonamides is 1. The van der Waals surface area contributed by atoms with Crippen molar-refractivity contribution in [1.82, 2.24) is 4.31 Å². The zero-order valence-electron chi connectivity index (χ0n) is 7.06. The molecule has 5 heteroatoms. The molecule has 1 fully saturated rings. The Balaban J connectivity index is 2.64. The molecule has 1 rings (SSSR count). The van der Waals surface area contributed by atoms with E-state index >= 15 is 0 Å². The highest BCUT2D eigenvalue weighted by Gasteiger charge is 2.25. The highest BCUT2D eigenvalue weighted by Crippen LogP contribution is 2.16. The maximum absolute atomic E-state index is 11.1. The third-order valence-corrected chi connectivity index (χ3v) is 3.35. The fourth-order valence-corrected chi connectivity index (χ4v) is 2.31. The number of rotatable bonds is 2. The van der Waals surface area contributed by atoms with E-state index in [0.29, 0.717) is 13.1 Å². The van der Waals surface area contributed by atoms with E-state index in [2.05, 4.69) is 0 Å². The van der Waals surface area contributed by atoms with Crippen molar-refractivity contribution in [2.75, 3.05) is 19.3 Å². The molecule has 0 spiro atoms. The van der Waals surface area contributed by atoms with Gasteiger partial charge in [0.15, 0.2) is 0 Å². The molecule has 1 aliphatic heterocycles. The van der Waals surface area contributed by atoms with Crippen molar-refractivity contribution in [1.29, 1.82) is 0 Å². The Bertz CT molecular complexity index is 260. The normalized spacial score (nSPS) is 26.9. The lowest BCUT2D eigenvalue weighted by Crippen LogP contribution is -2.39. The van der Waals surface area contributed by atoms with Crippen molar-refractivity contribution in [3.8, 4) is 0 Å². The summed E-state index contributed by atoms with van der Waals surface area (Å²) in [6.45, 7) is 0.922. The van der Waals surface area contributed by atoms with Gasteiger partial charge >= 0.3 is 0 Å². The molecule has 0 amide bonds. The lowest BCUT2D eigenvalue weighted by molar-refractivity contribution is -0.112. The van der Waals surface area contributed by atoms with Gasteiger partial charge in [0.2, 0.25) is 10.0 Å². The average Bonchev–Trinajstić information content (AvgIpc) is 2.03. The second kappa shape index (κ2) is 3.53. The van der Waals surface area contributed by atoms with Crippen molar-refractivity contribution in [3.05, 3.63) is 0 Å². The van der Waals surface area contributed by atoms with Crippen LogP contribution in [0, 0.1) is 5.92 Å². The first-order valence-electron chi connectivity index (χ1n) is 3.94. The van der Waals surface area contributed by atoms with Gasteiger partial charge in [-0.05, 0) is 12.8 Å². The molecular weight excluding hydrogens is 178 g/mol. The molecular formula is C7H13NO3S. The molecule has 0 aromatic heterocycles. The molecule has 1 saturated heterocycles. The van der Waals surface area contributed by atoms with Crippen molar-refractivity contribution in [3.63, 3.8) is 0 Å². The van der Waals surface area contributed by atoms with Gasteiger partial charge in [0.05, 0.1) is 6.26 Å². The molecule has 0 N–H and O–H groups in total. The number of aldehydes is 1. The maximum Gasteiger partial charge on any atom is 0.211 e. The van der Waals surface area contributed by atoms with Crippen molar-refractivity contribution in [2.45, 2.75) is 12.8 Å². The van der Waals surface area contributed by atoms with Gasteiger partial charge in [-0.2, -0.15) is 0 Å². The third kappa shape index (κ3) is 2.28. The van der Waals surface area contributed by atoms with Gasteiger partial charge < -0.3 is 4.79 Å². The first kappa shape index (κ1) is 9.67. The van der Waals surface area contributed by atoms with Crippen LogP contribution in [0.2, 0.25) is 0 Å². The summed E-state index contributed by atoms with van der Waals surface area (Å²) >= 11 is 0. The Morgan fingerprint density at radius 2 is 2.17 bits per heavy atom. The Morgan fingerprint density at radius 1 is 1.50 bits per heavy atom. The lowest BCUT2D eigenvalue weighted by atomic mass is 10.0. The van der Waals surface area contributed by atoms with Gasteiger partial charge in [-0.3, -0.25) is 0 Å². The summed E-state index contributed by atoms with van der Waals surface area (Å²) in [6.07, 6.45) is 3.63. The van der Waals surface area contributed by atoms with Crippen LogP contribution >= 0.6 is 0 Å². The van der Waals surface area contributed by atoms with Crippen LogP contribution in [0.15, 0.2) is 0 Å². The van der Waals surface area contributed by atoms with E-state index in [1.165, 1.54) is 10.6 Å². The standard InChI is InChI=1S/C7H13NO3S/c1-12(10,11)8-4-2-3-7(5-8)6-9/h6-7H,2-5H2,1H3/t7-/m0/s1. The van der Waals surface area contributed by atoms with Crippen molar-refractivity contribution in [2.24, 2.45) is 5.92 Å². The minimum Gasteiger partial charge on any atom is -0.303 e. The summed E-state index contributed by atoms with van der Waals surface area (Å²) in [5.41, 5.74) is 0.